The Kier molecular flexibility index (Phi) is 7.92. The molecule has 23 heavy (non-hydrogen) atoms. The van der Waals surface area contributed by atoms with Gasteiger partial charge in [0.05, 0.1) is 22.2 Å². The summed E-state index contributed by atoms with van der Waals surface area (Å²) in [5.41, 5.74) is 2.08. The number of benzene rings is 2. The summed E-state index contributed by atoms with van der Waals surface area (Å²) in [4.78, 5) is 13.0. The maximum atomic E-state index is 11.1. The van der Waals surface area contributed by atoms with Crippen molar-refractivity contribution < 1.29 is 12.8 Å². The summed E-state index contributed by atoms with van der Waals surface area (Å²) < 4.78 is 0. The maximum absolute atomic E-state index is 11.1. The fourth-order valence-corrected chi connectivity index (χ4v) is 2.87. The van der Waals surface area contributed by atoms with Crippen LogP contribution in [0.15, 0.2) is 55.1 Å². The maximum Gasteiger partial charge on any atom is 2.00 e. The normalized spacial score (nSPS) is 9.83. The summed E-state index contributed by atoms with van der Waals surface area (Å²) in [6.07, 6.45) is 1.64. The molecule has 0 aliphatic carbocycles. The van der Waals surface area contributed by atoms with Gasteiger partial charge >= 0.3 is 29.0 Å². The van der Waals surface area contributed by atoms with Crippen LogP contribution in [0.2, 0.25) is 10.0 Å². The van der Waals surface area contributed by atoms with Crippen molar-refractivity contribution >= 4 is 63.6 Å². The first-order valence-corrected chi connectivity index (χ1v) is 7.42. The van der Waals surface area contributed by atoms with Crippen LogP contribution in [0.1, 0.15) is 8.42 Å². The number of nitrogens with zero attached hydrogens (tertiary/aromatic N) is 1. The first kappa shape index (κ1) is 19.8. The molecule has 0 aromatic heterocycles. The van der Waals surface area contributed by atoms with E-state index in [1.54, 1.807) is 30.3 Å². The fourth-order valence-electron chi connectivity index (χ4n) is 2.27. The Balaban J connectivity index is 0. The van der Waals surface area contributed by atoms with Crippen molar-refractivity contribution in [3.05, 3.63) is 70.7 Å². The molecule has 0 atom stereocenters. The molecule has 0 saturated carbocycles. The summed E-state index contributed by atoms with van der Waals surface area (Å²) in [6, 6.07) is 12.6. The van der Waals surface area contributed by atoms with Crippen molar-refractivity contribution in [2.75, 3.05) is 11.4 Å². The summed E-state index contributed by atoms with van der Waals surface area (Å²) in [7, 11) is 0. The molecule has 2 rings (SSSR count). The average molecular weight is 363 g/mol. The quantitative estimate of drug-likeness (QED) is 0.593. The molecule has 2 aromatic rings. The van der Waals surface area contributed by atoms with Gasteiger partial charge in [-0.05, 0) is 23.8 Å². The van der Waals surface area contributed by atoms with Gasteiger partial charge in [-0.15, -0.1) is 6.58 Å². The minimum atomic E-state index is -0.892. The fraction of sp³-hybridized carbons (Fsp3) is 0.118. The number of rotatable bonds is 6. The molecule has 0 heterocycles. The van der Waals surface area contributed by atoms with Gasteiger partial charge in [-0.3, -0.25) is 4.79 Å². The predicted molar refractivity (Wildman–Crippen MR) is 99.4 cm³/mol. The number of hydrogen-bond donors (Lipinski definition) is 1. The van der Waals surface area contributed by atoms with Crippen molar-refractivity contribution in [2.45, 2.75) is 6.42 Å². The first-order chi connectivity index (χ1) is 10.5. The Bertz CT molecular complexity index is 697. The molecule has 6 heteroatoms. The predicted octanol–water partition coefficient (Wildman–Crippen LogP) is 4.79. The summed E-state index contributed by atoms with van der Waals surface area (Å²) in [5, 5.41) is 10.1. The number of para-hydroxylation sites is 2. The van der Waals surface area contributed by atoms with Gasteiger partial charge in [0.2, 0.25) is 0 Å². The molecule has 1 N–H and O–H groups in total. The molecule has 0 amide bonds. The standard InChI is InChI=1S/C17H15Cl2NO2.Mg.2H/c1-2-10-20(17-13(18)7-5-8-14(17)19)15-9-4-3-6-12(15)11-16(21)22;;;/h2-9H,1,10-11H2,(H,21,22);;;/q;+2;2*-1. The second kappa shape index (κ2) is 9.18. The van der Waals surface area contributed by atoms with E-state index in [0.29, 0.717) is 27.8 Å². The van der Waals surface area contributed by atoms with Crippen LogP contribution in [0, 0.1) is 0 Å². The van der Waals surface area contributed by atoms with Gasteiger partial charge in [-0.1, -0.05) is 53.5 Å². The number of anilines is 2. The third-order valence-electron chi connectivity index (χ3n) is 3.14. The zero-order valence-corrected chi connectivity index (χ0v) is 15.4. The molecule has 0 bridgehead atoms. The largest absolute Gasteiger partial charge is 2.00 e. The molecule has 2 aromatic carbocycles. The molecule has 0 saturated heterocycles. The van der Waals surface area contributed by atoms with Crippen LogP contribution in [0.5, 0.6) is 0 Å². The molecule has 0 aliphatic heterocycles. The topological polar surface area (TPSA) is 40.5 Å². The second-order valence-electron chi connectivity index (χ2n) is 4.67. The number of aliphatic carboxylic acids is 1. The van der Waals surface area contributed by atoms with Gasteiger partial charge in [-0.25, -0.2) is 0 Å². The van der Waals surface area contributed by atoms with E-state index in [1.807, 2.05) is 23.1 Å². The molecule has 0 radical (unpaired) electrons. The van der Waals surface area contributed by atoms with E-state index in [-0.39, 0.29) is 32.3 Å². The third kappa shape index (κ3) is 4.88. The molecule has 3 nitrogen and oxygen atoms in total. The van der Waals surface area contributed by atoms with Crippen LogP contribution in [0.4, 0.5) is 11.4 Å². The summed E-state index contributed by atoms with van der Waals surface area (Å²) in [6.45, 7) is 4.22. The minimum Gasteiger partial charge on any atom is -1.00 e. The Morgan fingerprint density at radius 2 is 1.78 bits per heavy atom. The van der Waals surface area contributed by atoms with Gasteiger partial charge in [0, 0.05) is 12.2 Å². The van der Waals surface area contributed by atoms with Crippen LogP contribution in [-0.2, 0) is 11.2 Å². The van der Waals surface area contributed by atoms with Gasteiger partial charge < -0.3 is 12.9 Å². The van der Waals surface area contributed by atoms with Gasteiger partial charge in [-0.2, -0.15) is 0 Å². The number of halogens is 2. The number of carboxylic acids is 1. The molecule has 0 aliphatic rings. The Hall–Kier alpha value is -1.20. The zero-order chi connectivity index (χ0) is 16.1. The van der Waals surface area contributed by atoms with E-state index in [0.717, 1.165) is 5.69 Å². The summed E-state index contributed by atoms with van der Waals surface area (Å²) in [5.74, 6) is -0.892. The molecule has 0 unspecified atom stereocenters. The van der Waals surface area contributed by atoms with Crippen molar-refractivity contribution in [3.8, 4) is 0 Å². The monoisotopic (exact) mass is 361 g/mol. The van der Waals surface area contributed by atoms with Crippen molar-refractivity contribution in [3.63, 3.8) is 0 Å². The van der Waals surface area contributed by atoms with E-state index in [1.165, 1.54) is 0 Å². The van der Waals surface area contributed by atoms with E-state index in [9.17, 15) is 4.79 Å². The Labute approximate surface area is 164 Å². The van der Waals surface area contributed by atoms with Gasteiger partial charge in [0.15, 0.2) is 0 Å². The SMILES string of the molecule is C=CCN(c1ccccc1CC(=O)O)c1c(Cl)cccc1Cl.[H-].[H-].[Mg+2]. The van der Waals surface area contributed by atoms with Crippen molar-refractivity contribution in [2.24, 2.45) is 0 Å². The van der Waals surface area contributed by atoms with Crippen molar-refractivity contribution in [1.82, 2.24) is 0 Å². The van der Waals surface area contributed by atoms with Crippen LogP contribution >= 0.6 is 23.2 Å². The number of carboxylic acid groups (broad SMARTS) is 1. The first-order valence-electron chi connectivity index (χ1n) is 6.66. The summed E-state index contributed by atoms with van der Waals surface area (Å²) >= 11 is 12.6. The molecule has 0 spiro atoms. The number of carbonyl (C=O) groups is 1. The Morgan fingerprint density at radius 3 is 2.35 bits per heavy atom. The van der Waals surface area contributed by atoms with Crippen LogP contribution in [0.3, 0.4) is 0 Å². The molecular weight excluding hydrogens is 345 g/mol. The smallest absolute Gasteiger partial charge is 1.00 e. The van der Waals surface area contributed by atoms with E-state index in [4.69, 9.17) is 28.3 Å². The number of hydrogen-bond acceptors (Lipinski definition) is 2. The van der Waals surface area contributed by atoms with Crippen LogP contribution in [0.25, 0.3) is 0 Å². The molecule has 0 fully saturated rings. The average Bonchev–Trinajstić information content (AvgIpc) is 2.46. The van der Waals surface area contributed by atoms with Crippen molar-refractivity contribution in [1.29, 1.82) is 0 Å². The molecular formula is C17H17Cl2MgNO2. The second-order valence-corrected chi connectivity index (χ2v) is 5.48. The van der Waals surface area contributed by atoms with Crippen LogP contribution < -0.4 is 4.90 Å². The van der Waals surface area contributed by atoms with E-state index in [2.05, 4.69) is 6.58 Å². The third-order valence-corrected chi connectivity index (χ3v) is 3.75. The van der Waals surface area contributed by atoms with Gasteiger partial charge in [0.25, 0.3) is 0 Å². The Morgan fingerprint density at radius 1 is 1.17 bits per heavy atom. The zero-order valence-electron chi connectivity index (χ0n) is 14.5. The minimum absolute atomic E-state index is 0. The molecule has 118 valence electrons. The van der Waals surface area contributed by atoms with E-state index >= 15 is 0 Å². The van der Waals surface area contributed by atoms with E-state index < -0.39 is 5.97 Å². The van der Waals surface area contributed by atoms with Crippen LogP contribution in [-0.4, -0.2) is 40.7 Å². The van der Waals surface area contributed by atoms with Gasteiger partial charge in [0.1, 0.15) is 0 Å².